The van der Waals surface area contributed by atoms with E-state index in [1.807, 2.05) is 18.7 Å². The van der Waals surface area contributed by atoms with E-state index in [1.54, 1.807) is 7.11 Å². The molecule has 5 nitrogen and oxygen atoms in total. The second-order valence-electron chi connectivity index (χ2n) is 3.90. The summed E-state index contributed by atoms with van der Waals surface area (Å²) in [7, 11) is 1.62. The quantitative estimate of drug-likeness (QED) is 0.651. The van der Waals surface area contributed by atoms with Crippen molar-refractivity contribution in [1.29, 1.82) is 5.26 Å². The van der Waals surface area contributed by atoms with Crippen molar-refractivity contribution in [1.82, 2.24) is 10.2 Å². The lowest BCUT2D eigenvalue weighted by molar-refractivity contribution is -0.122. The first-order valence-electron chi connectivity index (χ1n) is 5.47. The van der Waals surface area contributed by atoms with Crippen LogP contribution in [0.5, 0.6) is 0 Å². The Morgan fingerprint density at radius 2 is 2.19 bits per heavy atom. The average molecular weight is 227 g/mol. The zero-order chi connectivity index (χ0) is 12.4. The molecule has 0 bridgehead atoms. The molecule has 0 fully saturated rings. The van der Waals surface area contributed by atoms with Crippen molar-refractivity contribution in [3.63, 3.8) is 0 Å². The second-order valence-corrected chi connectivity index (χ2v) is 3.90. The number of hydrogen-bond acceptors (Lipinski definition) is 4. The largest absolute Gasteiger partial charge is 0.383 e. The van der Waals surface area contributed by atoms with Gasteiger partial charge < -0.3 is 10.1 Å². The van der Waals surface area contributed by atoms with E-state index in [0.717, 1.165) is 0 Å². The Kier molecular flexibility index (Phi) is 8.49. The topological polar surface area (TPSA) is 65.4 Å². The van der Waals surface area contributed by atoms with Crippen LogP contribution in [0.25, 0.3) is 0 Å². The summed E-state index contributed by atoms with van der Waals surface area (Å²) in [5, 5.41) is 11.3. The van der Waals surface area contributed by atoms with E-state index in [2.05, 4.69) is 11.4 Å². The lowest BCUT2D eigenvalue weighted by Gasteiger charge is -2.20. The SMILES string of the molecule is COCCN(CCC#N)CC(=O)NC(C)C. The number of hydrogen-bond donors (Lipinski definition) is 1. The molecule has 1 amide bonds. The van der Waals surface area contributed by atoms with E-state index in [-0.39, 0.29) is 11.9 Å². The fourth-order valence-corrected chi connectivity index (χ4v) is 1.27. The van der Waals surface area contributed by atoms with Gasteiger partial charge in [-0.2, -0.15) is 5.26 Å². The molecule has 0 saturated heterocycles. The van der Waals surface area contributed by atoms with E-state index in [4.69, 9.17) is 10.00 Å². The van der Waals surface area contributed by atoms with Gasteiger partial charge in [-0.25, -0.2) is 0 Å². The van der Waals surface area contributed by atoms with Gasteiger partial charge in [0.2, 0.25) is 5.91 Å². The summed E-state index contributed by atoms with van der Waals surface area (Å²) in [6.07, 6.45) is 0.429. The molecule has 0 radical (unpaired) electrons. The molecule has 5 heteroatoms. The van der Waals surface area contributed by atoms with Gasteiger partial charge >= 0.3 is 0 Å². The summed E-state index contributed by atoms with van der Waals surface area (Å²) in [5.74, 6) is -0.0101. The molecule has 92 valence electrons. The molecule has 0 unspecified atom stereocenters. The Labute approximate surface area is 97.4 Å². The minimum atomic E-state index is -0.0101. The highest BCUT2D eigenvalue weighted by Gasteiger charge is 2.10. The molecule has 0 spiro atoms. The Morgan fingerprint density at radius 1 is 1.50 bits per heavy atom. The molecular formula is C11H21N3O2. The van der Waals surface area contributed by atoms with E-state index < -0.39 is 0 Å². The molecule has 0 heterocycles. The van der Waals surface area contributed by atoms with Crippen molar-refractivity contribution in [2.75, 3.05) is 33.4 Å². The summed E-state index contributed by atoms with van der Waals surface area (Å²) in [6, 6.07) is 2.22. The van der Waals surface area contributed by atoms with Gasteiger partial charge in [-0.1, -0.05) is 0 Å². The summed E-state index contributed by atoms with van der Waals surface area (Å²) < 4.78 is 4.96. The predicted molar refractivity (Wildman–Crippen MR) is 61.8 cm³/mol. The molecule has 0 aliphatic heterocycles. The van der Waals surface area contributed by atoms with Crippen LogP contribution in [0.1, 0.15) is 20.3 Å². The minimum Gasteiger partial charge on any atom is -0.383 e. The highest BCUT2D eigenvalue weighted by molar-refractivity contribution is 5.78. The molecule has 0 aromatic heterocycles. The van der Waals surface area contributed by atoms with Gasteiger partial charge in [-0.05, 0) is 13.8 Å². The van der Waals surface area contributed by atoms with E-state index in [0.29, 0.717) is 32.7 Å². The molecule has 0 atom stereocenters. The van der Waals surface area contributed by atoms with Crippen molar-refractivity contribution in [2.45, 2.75) is 26.3 Å². The summed E-state index contributed by atoms with van der Waals surface area (Å²) in [5.41, 5.74) is 0. The average Bonchev–Trinajstić information content (AvgIpc) is 2.20. The van der Waals surface area contributed by atoms with Crippen molar-refractivity contribution >= 4 is 5.91 Å². The number of nitrogens with one attached hydrogen (secondary N) is 1. The van der Waals surface area contributed by atoms with Crippen molar-refractivity contribution in [3.05, 3.63) is 0 Å². The van der Waals surface area contributed by atoms with Crippen LogP contribution in [0.3, 0.4) is 0 Å². The zero-order valence-electron chi connectivity index (χ0n) is 10.3. The number of rotatable bonds is 8. The zero-order valence-corrected chi connectivity index (χ0v) is 10.3. The first-order chi connectivity index (χ1) is 7.60. The number of carbonyl (C=O) groups excluding carboxylic acids is 1. The Balaban J connectivity index is 3.98. The first kappa shape index (κ1) is 14.9. The maximum Gasteiger partial charge on any atom is 0.234 e. The standard InChI is InChI=1S/C11H21N3O2/c1-10(2)13-11(15)9-14(6-4-5-12)7-8-16-3/h10H,4,6-9H2,1-3H3,(H,13,15). The van der Waals surface area contributed by atoms with E-state index in [9.17, 15) is 4.79 Å². The number of nitrogens with zero attached hydrogens (tertiary/aromatic N) is 2. The van der Waals surface area contributed by atoms with Crippen molar-refractivity contribution < 1.29 is 9.53 Å². The van der Waals surface area contributed by atoms with Gasteiger partial charge in [0.1, 0.15) is 0 Å². The van der Waals surface area contributed by atoms with Crippen molar-refractivity contribution in [3.8, 4) is 6.07 Å². The molecule has 0 rings (SSSR count). The first-order valence-corrected chi connectivity index (χ1v) is 5.47. The van der Waals surface area contributed by atoms with Gasteiger partial charge in [-0.3, -0.25) is 9.69 Å². The Hall–Kier alpha value is -1.12. The predicted octanol–water partition coefficient (Wildman–Crippen LogP) is 0.373. The fourth-order valence-electron chi connectivity index (χ4n) is 1.27. The van der Waals surface area contributed by atoms with Crippen LogP contribution in [0.4, 0.5) is 0 Å². The fraction of sp³-hybridized carbons (Fsp3) is 0.818. The number of carbonyl (C=O) groups is 1. The molecule has 0 aromatic carbocycles. The Bertz CT molecular complexity index is 236. The maximum absolute atomic E-state index is 11.5. The van der Waals surface area contributed by atoms with E-state index >= 15 is 0 Å². The number of methoxy groups -OCH3 is 1. The van der Waals surface area contributed by atoms with Gasteiger partial charge in [0.25, 0.3) is 0 Å². The van der Waals surface area contributed by atoms with Crippen LogP contribution in [0.2, 0.25) is 0 Å². The van der Waals surface area contributed by atoms with Gasteiger partial charge in [0, 0.05) is 32.7 Å². The summed E-state index contributed by atoms with van der Waals surface area (Å²) >= 11 is 0. The molecule has 0 saturated carbocycles. The van der Waals surface area contributed by atoms with Crippen LogP contribution in [0.15, 0.2) is 0 Å². The van der Waals surface area contributed by atoms with Crippen LogP contribution in [0, 0.1) is 11.3 Å². The Morgan fingerprint density at radius 3 is 2.69 bits per heavy atom. The molecule has 0 aliphatic carbocycles. The maximum atomic E-state index is 11.5. The summed E-state index contributed by atoms with van der Waals surface area (Å²) in [4.78, 5) is 13.4. The third-order valence-electron chi connectivity index (χ3n) is 1.97. The molecular weight excluding hydrogens is 206 g/mol. The second kappa shape index (κ2) is 9.13. The molecule has 0 aromatic rings. The third-order valence-corrected chi connectivity index (χ3v) is 1.97. The third kappa shape index (κ3) is 8.21. The van der Waals surface area contributed by atoms with Gasteiger partial charge in [0.15, 0.2) is 0 Å². The molecule has 16 heavy (non-hydrogen) atoms. The minimum absolute atomic E-state index is 0.0101. The van der Waals surface area contributed by atoms with Crippen LogP contribution in [-0.2, 0) is 9.53 Å². The van der Waals surface area contributed by atoms with Gasteiger partial charge in [-0.15, -0.1) is 0 Å². The van der Waals surface area contributed by atoms with Crippen molar-refractivity contribution in [2.24, 2.45) is 0 Å². The van der Waals surface area contributed by atoms with Gasteiger partial charge in [0.05, 0.1) is 19.2 Å². The highest BCUT2D eigenvalue weighted by Crippen LogP contribution is 1.92. The van der Waals surface area contributed by atoms with E-state index in [1.165, 1.54) is 0 Å². The monoisotopic (exact) mass is 227 g/mol. The van der Waals surface area contributed by atoms with Crippen LogP contribution in [-0.4, -0.2) is 50.2 Å². The lowest BCUT2D eigenvalue weighted by atomic mass is 10.3. The lowest BCUT2D eigenvalue weighted by Crippen LogP contribution is -2.41. The number of nitriles is 1. The van der Waals surface area contributed by atoms with Crippen LogP contribution >= 0.6 is 0 Å². The smallest absolute Gasteiger partial charge is 0.234 e. The highest BCUT2D eigenvalue weighted by atomic mass is 16.5. The molecule has 0 aliphatic rings. The number of ether oxygens (including phenoxy) is 1. The summed E-state index contributed by atoms with van der Waals surface area (Å²) in [6.45, 7) is 6.01. The molecule has 1 N–H and O–H groups in total. The van der Waals surface area contributed by atoms with Crippen LogP contribution < -0.4 is 5.32 Å². The number of amides is 1. The normalized spacial score (nSPS) is 10.5.